The summed E-state index contributed by atoms with van der Waals surface area (Å²) in [6, 6.07) is 46.2. The van der Waals surface area contributed by atoms with Gasteiger partial charge in [-0.25, -0.2) is 9.97 Å². The van der Waals surface area contributed by atoms with Crippen LogP contribution in [0, 0.1) is 0 Å². The van der Waals surface area contributed by atoms with E-state index < -0.39 is 0 Å². The maximum Gasteiger partial charge on any atom is 0.160 e. The third kappa shape index (κ3) is 5.20. The molecule has 194 valence electrons. The van der Waals surface area contributed by atoms with Gasteiger partial charge in [-0.2, -0.15) is 0 Å². The summed E-state index contributed by atoms with van der Waals surface area (Å²) in [4.78, 5) is 9.95. The Kier molecular flexibility index (Phi) is 7.06. The van der Waals surface area contributed by atoms with Gasteiger partial charge in [0.2, 0.25) is 0 Å². The van der Waals surface area contributed by atoms with Crippen LogP contribution in [0.1, 0.15) is 0 Å². The van der Waals surface area contributed by atoms with Gasteiger partial charge >= 0.3 is 0 Å². The number of nitrogens with zero attached hydrogens (tertiary/aromatic N) is 2. The second kappa shape index (κ2) is 11.3. The Hall–Kier alpha value is -5.22. The van der Waals surface area contributed by atoms with Crippen molar-refractivity contribution >= 4 is 11.4 Å². The third-order valence-electron chi connectivity index (χ3n) is 7.12. The van der Waals surface area contributed by atoms with E-state index in [0.29, 0.717) is 5.82 Å². The second-order valence-corrected chi connectivity index (χ2v) is 9.61. The number of rotatable bonds is 7. The van der Waals surface area contributed by atoms with Crippen molar-refractivity contribution in [3.8, 4) is 56.2 Å². The molecule has 0 unspecified atom stereocenters. The minimum atomic E-state index is 0.707. The predicted molar refractivity (Wildman–Crippen MR) is 168 cm³/mol. The molecule has 0 saturated heterocycles. The van der Waals surface area contributed by atoms with Crippen molar-refractivity contribution in [3.05, 3.63) is 133 Å². The predicted octanol–water partition coefficient (Wildman–Crippen LogP) is 8.90. The van der Waals surface area contributed by atoms with Crippen LogP contribution < -0.4 is 10.6 Å². The van der Waals surface area contributed by atoms with Crippen molar-refractivity contribution in [1.29, 1.82) is 0 Å². The number of aromatic nitrogens is 2. The highest BCUT2D eigenvalue weighted by molar-refractivity contribution is 5.84. The molecular weight excluding hydrogens is 488 g/mol. The number of nitrogens with one attached hydrogen (secondary N) is 2. The largest absolute Gasteiger partial charge is 0.388 e. The van der Waals surface area contributed by atoms with Crippen LogP contribution in [0.3, 0.4) is 0 Å². The highest BCUT2D eigenvalue weighted by atomic mass is 14.9. The SMILES string of the molecule is CNc1ccc(-c2ccc(NC)c(-c3ccc(-c4nc(-c5ccccc5)cc(-c5ccccc5)n4)cc3)c2)cc1. The lowest BCUT2D eigenvalue weighted by molar-refractivity contribution is 1.18. The van der Waals surface area contributed by atoms with Crippen molar-refractivity contribution in [3.63, 3.8) is 0 Å². The van der Waals surface area contributed by atoms with Crippen molar-refractivity contribution in [2.45, 2.75) is 0 Å². The van der Waals surface area contributed by atoms with E-state index in [4.69, 9.17) is 9.97 Å². The maximum absolute atomic E-state index is 4.97. The van der Waals surface area contributed by atoms with Gasteiger partial charge in [0.15, 0.2) is 5.82 Å². The Labute approximate surface area is 235 Å². The van der Waals surface area contributed by atoms with Gasteiger partial charge in [-0.05, 0) is 47.0 Å². The first-order valence-corrected chi connectivity index (χ1v) is 13.4. The van der Waals surface area contributed by atoms with E-state index in [1.165, 1.54) is 11.1 Å². The van der Waals surface area contributed by atoms with E-state index >= 15 is 0 Å². The molecule has 0 radical (unpaired) electrons. The summed E-state index contributed by atoms with van der Waals surface area (Å²) in [6.07, 6.45) is 0. The molecule has 0 amide bonds. The molecule has 5 aromatic carbocycles. The fraction of sp³-hybridized carbons (Fsp3) is 0.0556. The minimum absolute atomic E-state index is 0.707. The Morgan fingerprint density at radius 2 is 0.950 bits per heavy atom. The molecule has 1 aromatic heterocycles. The molecule has 40 heavy (non-hydrogen) atoms. The van der Waals surface area contributed by atoms with Gasteiger partial charge in [0.05, 0.1) is 11.4 Å². The van der Waals surface area contributed by atoms with Crippen LogP contribution in [-0.4, -0.2) is 24.1 Å². The van der Waals surface area contributed by atoms with Crippen molar-refractivity contribution in [1.82, 2.24) is 9.97 Å². The summed E-state index contributed by atoms with van der Waals surface area (Å²) >= 11 is 0. The van der Waals surface area contributed by atoms with E-state index in [2.05, 4.69) is 108 Å². The summed E-state index contributed by atoms with van der Waals surface area (Å²) < 4.78 is 0. The van der Waals surface area contributed by atoms with Gasteiger partial charge in [0, 0.05) is 47.7 Å². The van der Waals surface area contributed by atoms with Crippen molar-refractivity contribution in [2.24, 2.45) is 0 Å². The van der Waals surface area contributed by atoms with Gasteiger partial charge in [-0.15, -0.1) is 0 Å². The van der Waals surface area contributed by atoms with Crippen LogP contribution in [0.25, 0.3) is 56.2 Å². The average molecular weight is 519 g/mol. The van der Waals surface area contributed by atoms with Crippen LogP contribution in [-0.2, 0) is 0 Å². The number of hydrogen-bond donors (Lipinski definition) is 2. The lowest BCUT2D eigenvalue weighted by atomic mass is 9.96. The Morgan fingerprint density at radius 3 is 1.50 bits per heavy atom. The van der Waals surface area contributed by atoms with Crippen molar-refractivity contribution in [2.75, 3.05) is 24.7 Å². The quantitative estimate of drug-likeness (QED) is 0.222. The number of hydrogen-bond acceptors (Lipinski definition) is 4. The molecule has 1 heterocycles. The van der Waals surface area contributed by atoms with Crippen LogP contribution in [0.5, 0.6) is 0 Å². The second-order valence-electron chi connectivity index (χ2n) is 9.61. The standard InChI is InChI=1S/C36H30N4/c1-37-31-20-17-25(18-21-31)30-19-22-33(38-2)32(23-30)26-13-15-29(16-14-26)36-39-34(27-9-5-3-6-10-27)24-35(40-36)28-11-7-4-8-12-28/h3-24,37-38H,1-2H3. The number of benzene rings is 5. The molecule has 4 nitrogen and oxygen atoms in total. The van der Waals surface area contributed by atoms with Crippen LogP contribution in [0.4, 0.5) is 11.4 Å². The smallest absolute Gasteiger partial charge is 0.160 e. The third-order valence-corrected chi connectivity index (χ3v) is 7.12. The summed E-state index contributed by atoms with van der Waals surface area (Å²) in [6.45, 7) is 0. The zero-order valence-electron chi connectivity index (χ0n) is 22.6. The fourth-order valence-corrected chi connectivity index (χ4v) is 4.90. The average Bonchev–Trinajstić information content (AvgIpc) is 3.05. The highest BCUT2D eigenvalue weighted by Gasteiger charge is 2.12. The van der Waals surface area contributed by atoms with Gasteiger partial charge in [0.1, 0.15) is 0 Å². The van der Waals surface area contributed by atoms with Crippen LogP contribution in [0.2, 0.25) is 0 Å². The van der Waals surface area contributed by atoms with Crippen LogP contribution in [0.15, 0.2) is 133 Å². The van der Waals surface area contributed by atoms with Crippen LogP contribution >= 0.6 is 0 Å². The zero-order valence-corrected chi connectivity index (χ0v) is 22.6. The molecule has 0 atom stereocenters. The molecule has 0 fully saturated rings. The summed E-state index contributed by atoms with van der Waals surface area (Å²) in [5.74, 6) is 0.707. The van der Waals surface area contributed by atoms with Crippen molar-refractivity contribution < 1.29 is 0 Å². The monoisotopic (exact) mass is 518 g/mol. The molecule has 2 N–H and O–H groups in total. The zero-order chi connectivity index (χ0) is 27.3. The molecule has 6 rings (SSSR count). The van der Waals surface area contributed by atoms with Gasteiger partial charge < -0.3 is 10.6 Å². The molecule has 4 heteroatoms. The van der Waals surface area contributed by atoms with Gasteiger partial charge in [-0.1, -0.05) is 103 Å². The van der Waals surface area contributed by atoms with Gasteiger partial charge in [0.25, 0.3) is 0 Å². The molecule has 0 spiro atoms. The summed E-state index contributed by atoms with van der Waals surface area (Å²) in [5, 5.41) is 6.54. The summed E-state index contributed by atoms with van der Waals surface area (Å²) in [5.41, 5.74) is 11.7. The minimum Gasteiger partial charge on any atom is -0.388 e. The number of anilines is 2. The van der Waals surface area contributed by atoms with E-state index in [1.807, 2.05) is 50.5 Å². The lowest BCUT2D eigenvalue weighted by Gasteiger charge is -2.13. The summed E-state index contributed by atoms with van der Waals surface area (Å²) in [7, 11) is 3.90. The molecule has 6 aromatic rings. The first kappa shape index (κ1) is 25.1. The molecule has 0 aliphatic rings. The van der Waals surface area contributed by atoms with E-state index in [1.54, 1.807) is 0 Å². The molecule has 0 saturated carbocycles. The maximum atomic E-state index is 4.97. The Morgan fingerprint density at radius 1 is 0.425 bits per heavy atom. The van der Waals surface area contributed by atoms with E-state index in [9.17, 15) is 0 Å². The first-order chi connectivity index (χ1) is 19.7. The normalized spacial score (nSPS) is 10.8. The Bertz CT molecular complexity index is 1670. The van der Waals surface area contributed by atoms with E-state index in [0.717, 1.165) is 50.6 Å². The Balaban J connectivity index is 1.39. The first-order valence-electron chi connectivity index (χ1n) is 13.4. The molecule has 0 bridgehead atoms. The highest BCUT2D eigenvalue weighted by Crippen LogP contribution is 2.35. The molecule has 0 aliphatic heterocycles. The lowest BCUT2D eigenvalue weighted by Crippen LogP contribution is -1.96. The fourth-order valence-electron chi connectivity index (χ4n) is 4.90. The molecule has 0 aliphatic carbocycles. The van der Waals surface area contributed by atoms with Gasteiger partial charge in [-0.3, -0.25) is 0 Å². The molecular formula is C36H30N4. The topological polar surface area (TPSA) is 49.8 Å². The van der Waals surface area contributed by atoms with E-state index in [-0.39, 0.29) is 0 Å².